The van der Waals surface area contributed by atoms with Gasteiger partial charge in [-0.05, 0) is 61.1 Å². The topological polar surface area (TPSA) is 55.1 Å². The summed E-state index contributed by atoms with van der Waals surface area (Å²) in [4.78, 5) is 17.6. The molecule has 4 heteroatoms. The van der Waals surface area contributed by atoms with Gasteiger partial charge in [0.15, 0.2) is 0 Å². The average Bonchev–Trinajstić information content (AvgIpc) is 2.69. The summed E-state index contributed by atoms with van der Waals surface area (Å²) >= 11 is 0. The van der Waals surface area contributed by atoms with Crippen LogP contribution in [-0.2, 0) is 12.8 Å². The minimum Gasteiger partial charge on any atom is -0.422 e. The fourth-order valence-corrected chi connectivity index (χ4v) is 3.90. The van der Waals surface area contributed by atoms with Crippen molar-refractivity contribution >= 4 is 33.4 Å². The molecule has 2 aromatic carbocycles. The molecule has 2 aromatic heterocycles. The lowest BCUT2D eigenvalue weighted by Crippen LogP contribution is -2.14. The van der Waals surface area contributed by atoms with E-state index in [4.69, 9.17) is 9.40 Å². The highest BCUT2D eigenvalue weighted by molar-refractivity contribution is 6.04. The van der Waals surface area contributed by atoms with Gasteiger partial charge in [0.25, 0.3) is 0 Å². The van der Waals surface area contributed by atoms with Crippen LogP contribution < -0.4 is 10.9 Å². The number of aryl methyl sites for hydroxylation is 1. The van der Waals surface area contributed by atoms with Crippen LogP contribution in [0.4, 0.5) is 11.5 Å². The van der Waals surface area contributed by atoms with E-state index < -0.39 is 0 Å². The van der Waals surface area contributed by atoms with Gasteiger partial charge in [0.1, 0.15) is 11.4 Å². The molecule has 0 fully saturated rings. The van der Waals surface area contributed by atoms with Crippen molar-refractivity contribution in [3.05, 3.63) is 76.1 Å². The molecule has 0 atom stereocenters. The van der Waals surface area contributed by atoms with Crippen LogP contribution in [0.3, 0.4) is 0 Å². The Morgan fingerprint density at radius 2 is 1.62 bits per heavy atom. The van der Waals surface area contributed by atoms with Crippen LogP contribution in [0.15, 0.2) is 63.8 Å². The zero-order valence-corrected chi connectivity index (χ0v) is 14.3. The molecule has 1 aliphatic rings. The number of hydrogen-bond donors (Lipinski definition) is 1. The summed E-state index contributed by atoms with van der Waals surface area (Å²) < 4.78 is 5.58. The maximum absolute atomic E-state index is 12.7. The molecule has 0 radical (unpaired) electrons. The van der Waals surface area contributed by atoms with Crippen LogP contribution in [0.2, 0.25) is 0 Å². The van der Waals surface area contributed by atoms with Crippen molar-refractivity contribution in [1.82, 2.24) is 4.98 Å². The second-order valence-electron chi connectivity index (χ2n) is 6.72. The zero-order valence-electron chi connectivity index (χ0n) is 14.3. The number of fused-ring (bicyclic) bond motifs is 5. The van der Waals surface area contributed by atoms with E-state index in [1.54, 1.807) is 0 Å². The SMILES string of the molecule is O=c1oc2ccccc2c2nc(Nc3ccccc3)c3c(c12)CCCC3. The summed E-state index contributed by atoms with van der Waals surface area (Å²) in [5.74, 6) is 0.856. The Balaban J connectivity index is 1.85. The fraction of sp³-hybridized carbons (Fsp3) is 0.182. The van der Waals surface area contributed by atoms with Gasteiger partial charge in [-0.3, -0.25) is 0 Å². The van der Waals surface area contributed by atoms with E-state index in [2.05, 4.69) is 5.32 Å². The number of aromatic nitrogens is 1. The zero-order chi connectivity index (χ0) is 17.5. The molecule has 5 rings (SSSR count). The summed E-state index contributed by atoms with van der Waals surface area (Å²) in [5.41, 5.74) is 4.28. The average molecular weight is 342 g/mol. The van der Waals surface area contributed by atoms with Crippen LogP contribution in [0, 0.1) is 0 Å². The lowest BCUT2D eigenvalue weighted by molar-refractivity contribution is 0.567. The van der Waals surface area contributed by atoms with E-state index >= 15 is 0 Å². The van der Waals surface area contributed by atoms with Crippen molar-refractivity contribution in [1.29, 1.82) is 0 Å². The van der Waals surface area contributed by atoms with Crippen LogP contribution in [0.5, 0.6) is 0 Å². The first-order valence-electron chi connectivity index (χ1n) is 9.00. The smallest absolute Gasteiger partial charge is 0.346 e. The van der Waals surface area contributed by atoms with Crippen molar-refractivity contribution < 1.29 is 4.42 Å². The quantitative estimate of drug-likeness (QED) is 0.413. The van der Waals surface area contributed by atoms with Crippen molar-refractivity contribution in [2.45, 2.75) is 25.7 Å². The monoisotopic (exact) mass is 342 g/mol. The third kappa shape index (κ3) is 2.37. The molecule has 0 saturated heterocycles. The maximum Gasteiger partial charge on any atom is 0.346 e. The molecular formula is C22H18N2O2. The van der Waals surface area contributed by atoms with E-state index in [9.17, 15) is 4.79 Å². The number of nitrogens with zero attached hydrogens (tertiary/aromatic N) is 1. The van der Waals surface area contributed by atoms with E-state index in [0.717, 1.165) is 59.2 Å². The van der Waals surface area contributed by atoms with Gasteiger partial charge in [0.05, 0.1) is 10.9 Å². The molecule has 0 bridgehead atoms. The van der Waals surface area contributed by atoms with Crippen molar-refractivity contribution in [3.8, 4) is 0 Å². The van der Waals surface area contributed by atoms with E-state index in [1.165, 1.54) is 0 Å². The normalized spacial score (nSPS) is 13.7. The molecule has 4 aromatic rings. The van der Waals surface area contributed by atoms with Crippen molar-refractivity contribution in [2.75, 3.05) is 5.32 Å². The van der Waals surface area contributed by atoms with Crippen LogP contribution >= 0.6 is 0 Å². The number of rotatable bonds is 2. The van der Waals surface area contributed by atoms with Gasteiger partial charge >= 0.3 is 5.63 Å². The Morgan fingerprint density at radius 1 is 0.885 bits per heavy atom. The first kappa shape index (κ1) is 15.1. The molecule has 128 valence electrons. The number of anilines is 2. The predicted octanol–water partition coefficient (Wildman–Crippen LogP) is 4.96. The van der Waals surface area contributed by atoms with E-state index in [1.807, 2.05) is 54.6 Å². The molecule has 0 spiro atoms. The van der Waals surface area contributed by atoms with Crippen molar-refractivity contribution in [3.63, 3.8) is 0 Å². The lowest BCUT2D eigenvalue weighted by atomic mass is 9.89. The molecule has 2 heterocycles. The Kier molecular flexibility index (Phi) is 3.49. The highest BCUT2D eigenvalue weighted by Crippen LogP contribution is 2.35. The molecule has 26 heavy (non-hydrogen) atoms. The van der Waals surface area contributed by atoms with Gasteiger partial charge in [-0.15, -0.1) is 0 Å². The summed E-state index contributed by atoms with van der Waals surface area (Å²) in [7, 11) is 0. The third-order valence-electron chi connectivity index (χ3n) is 5.10. The molecule has 0 unspecified atom stereocenters. The molecule has 0 saturated carbocycles. The predicted molar refractivity (Wildman–Crippen MR) is 104 cm³/mol. The third-order valence-corrected chi connectivity index (χ3v) is 5.10. The van der Waals surface area contributed by atoms with Crippen molar-refractivity contribution in [2.24, 2.45) is 0 Å². The Morgan fingerprint density at radius 3 is 2.46 bits per heavy atom. The highest BCUT2D eigenvalue weighted by atomic mass is 16.4. The van der Waals surface area contributed by atoms with Crippen LogP contribution in [0.1, 0.15) is 24.0 Å². The lowest BCUT2D eigenvalue weighted by Gasteiger charge is -2.21. The molecule has 1 N–H and O–H groups in total. The van der Waals surface area contributed by atoms with Gasteiger partial charge in [0.2, 0.25) is 0 Å². The Hall–Kier alpha value is -3.14. The minimum absolute atomic E-state index is 0.282. The number of para-hydroxylation sites is 2. The second kappa shape index (κ2) is 5.99. The van der Waals surface area contributed by atoms with E-state index in [-0.39, 0.29) is 5.63 Å². The molecule has 0 aliphatic heterocycles. The number of benzene rings is 2. The van der Waals surface area contributed by atoms with Gasteiger partial charge in [-0.25, -0.2) is 9.78 Å². The van der Waals surface area contributed by atoms with Gasteiger partial charge < -0.3 is 9.73 Å². The standard InChI is InChI=1S/C22H18N2O2/c25-22-19-15-10-4-5-11-16(15)21(23-14-8-2-1-3-9-14)24-20(19)17-12-6-7-13-18(17)26-22/h1-3,6-9,12-13H,4-5,10-11H2,(H,23,24). The van der Waals surface area contributed by atoms with Gasteiger partial charge in [-0.2, -0.15) is 0 Å². The summed E-state index contributed by atoms with van der Waals surface area (Å²) in [5, 5.41) is 5.00. The van der Waals surface area contributed by atoms with Crippen LogP contribution in [0.25, 0.3) is 21.9 Å². The Labute approximate surface area is 150 Å². The number of hydrogen-bond acceptors (Lipinski definition) is 4. The van der Waals surface area contributed by atoms with Gasteiger partial charge in [0, 0.05) is 11.1 Å². The first-order chi connectivity index (χ1) is 12.8. The van der Waals surface area contributed by atoms with Crippen LogP contribution in [-0.4, -0.2) is 4.98 Å². The molecule has 1 aliphatic carbocycles. The number of pyridine rings is 1. The summed E-state index contributed by atoms with van der Waals surface area (Å²) in [6, 6.07) is 17.7. The summed E-state index contributed by atoms with van der Waals surface area (Å²) in [6.07, 6.45) is 4.02. The fourth-order valence-electron chi connectivity index (χ4n) is 3.90. The molecule has 4 nitrogen and oxygen atoms in total. The largest absolute Gasteiger partial charge is 0.422 e. The van der Waals surface area contributed by atoms with E-state index in [0.29, 0.717) is 11.0 Å². The molecule has 0 amide bonds. The second-order valence-corrected chi connectivity index (χ2v) is 6.72. The minimum atomic E-state index is -0.282. The molecular weight excluding hydrogens is 324 g/mol. The van der Waals surface area contributed by atoms with Gasteiger partial charge in [-0.1, -0.05) is 30.3 Å². The first-order valence-corrected chi connectivity index (χ1v) is 9.00. The number of nitrogens with one attached hydrogen (secondary N) is 1. The maximum atomic E-state index is 12.7. The summed E-state index contributed by atoms with van der Waals surface area (Å²) in [6.45, 7) is 0. The highest BCUT2D eigenvalue weighted by Gasteiger charge is 2.22. The Bertz CT molecular complexity index is 1180.